The highest BCUT2D eigenvalue weighted by Gasteiger charge is 2.08. The quantitative estimate of drug-likeness (QED) is 0.862. The minimum absolute atomic E-state index is 0.0457. The fourth-order valence-corrected chi connectivity index (χ4v) is 1.65. The van der Waals surface area contributed by atoms with Crippen LogP contribution in [0.15, 0.2) is 16.8 Å². The second-order valence-electron chi connectivity index (χ2n) is 3.77. The van der Waals surface area contributed by atoms with Gasteiger partial charge in [-0.1, -0.05) is 16.8 Å². The van der Waals surface area contributed by atoms with E-state index in [0.29, 0.717) is 30.5 Å². The van der Waals surface area contributed by atoms with Crippen molar-refractivity contribution in [2.45, 2.75) is 13.3 Å². The van der Waals surface area contributed by atoms with Crippen LogP contribution in [0.3, 0.4) is 0 Å². The number of anilines is 1. The third-order valence-corrected chi connectivity index (χ3v) is 2.59. The zero-order chi connectivity index (χ0) is 13.8. The van der Waals surface area contributed by atoms with E-state index >= 15 is 0 Å². The Morgan fingerprint density at radius 2 is 2.37 bits per heavy atom. The van der Waals surface area contributed by atoms with Gasteiger partial charge in [0.25, 0.3) is 0 Å². The summed E-state index contributed by atoms with van der Waals surface area (Å²) in [6.07, 6.45) is 1.80. The molecule has 2 N–H and O–H groups in total. The zero-order valence-electron chi connectivity index (χ0n) is 10.1. The molecule has 0 aliphatic rings. The van der Waals surface area contributed by atoms with Gasteiger partial charge in [-0.25, -0.2) is 9.78 Å². The van der Waals surface area contributed by atoms with Crippen LogP contribution in [-0.4, -0.2) is 32.7 Å². The maximum atomic E-state index is 10.7. The summed E-state index contributed by atoms with van der Waals surface area (Å²) < 4.78 is 4.84. The van der Waals surface area contributed by atoms with E-state index in [-0.39, 0.29) is 10.6 Å². The summed E-state index contributed by atoms with van der Waals surface area (Å²) in [7, 11) is 0. The van der Waals surface area contributed by atoms with E-state index in [1.165, 1.54) is 12.3 Å². The Balaban J connectivity index is 1.94. The molecule has 0 aliphatic heterocycles. The molecule has 0 atom stereocenters. The molecule has 2 rings (SSSR count). The van der Waals surface area contributed by atoms with Gasteiger partial charge in [0.1, 0.15) is 5.82 Å². The molecule has 0 bridgehead atoms. The first-order chi connectivity index (χ1) is 9.06. The monoisotopic (exact) mass is 282 g/mol. The van der Waals surface area contributed by atoms with Crippen LogP contribution in [0.1, 0.15) is 22.1 Å². The number of halogens is 1. The Morgan fingerprint density at radius 1 is 1.58 bits per heavy atom. The van der Waals surface area contributed by atoms with E-state index < -0.39 is 5.97 Å². The molecule has 0 saturated heterocycles. The summed E-state index contributed by atoms with van der Waals surface area (Å²) in [5.41, 5.74) is 0.0457. The number of nitrogens with one attached hydrogen (secondary N) is 1. The molecule has 0 saturated carbocycles. The van der Waals surface area contributed by atoms with Gasteiger partial charge in [-0.3, -0.25) is 0 Å². The number of carboxylic acid groups (broad SMARTS) is 1. The second kappa shape index (κ2) is 5.66. The summed E-state index contributed by atoms with van der Waals surface area (Å²) in [6, 6.07) is 1.34. The molecule has 0 radical (unpaired) electrons. The van der Waals surface area contributed by atoms with Crippen molar-refractivity contribution >= 4 is 23.4 Å². The van der Waals surface area contributed by atoms with Gasteiger partial charge in [-0.15, -0.1) is 0 Å². The number of aromatic carboxylic acids is 1. The van der Waals surface area contributed by atoms with Gasteiger partial charge in [0.2, 0.25) is 5.89 Å². The van der Waals surface area contributed by atoms with Crippen molar-refractivity contribution in [2.75, 3.05) is 11.9 Å². The molecular formula is C11H11ClN4O3. The van der Waals surface area contributed by atoms with Crippen molar-refractivity contribution in [3.05, 3.63) is 34.6 Å². The fraction of sp³-hybridized carbons (Fsp3) is 0.273. The van der Waals surface area contributed by atoms with Gasteiger partial charge < -0.3 is 14.9 Å². The lowest BCUT2D eigenvalue weighted by atomic mass is 10.3. The van der Waals surface area contributed by atoms with Crippen LogP contribution in [-0.2, 0) is 6.42 Å². The highest BCUT2D eigenvalue weighted by molar-refractivity contribution is 6.33. The van der Waals surface area contributed by atoms with Gasteiger partial charge in [-0.2, -0.15) is 4.98 Å². The predicted molar refractivity (Wildman–Crippen MR) is 67.4 cm³/mol. The molecule has 0 amide bonds. The number of carbonyl (C=O) groups is 1. The first-order valence-corrected chi connectivity index (χ1v) is 5.86. The standard InChI is InChI=1S/C11H11ClN4O3/c1-6-15-9(16-19-6)2-3-13-10-8(12)4-7(5-14-10)11(17)18/h4-5H,2-3H2,1H3,(H,13,14)(H,17,18). The highest BCUT2D eigenvalue weighted by Crippen LogP contribution is 2.19. The lowest BCUT2D eigenvalue weighted by Gasteiger charge is -2.06. The molecule has 8 heteroatoms. The van der Waals surface area contributed by atoms with Gasteiger partial charge in [0.05, 0.1) is 10.6 Å². The van der Waals surface area contributed by atoms with Crippen molar-refractivity contribution in [1.29, 1.82) is 0 Å². The third kappa shape index (κ3) is 3.41. The summed E-state index contributed by atoms with van der Waals surface area (Å²) in [5, 5.41) is 15.8. The van der Waals surface area contributed by atoms with Gasteiger partial charge in [0, 0.05) is 26.1 Å². The molecule has 100 valence electrons. The topological polar surface area (TPSA) is 101 Å². The molecule has 2 aromatic heterocycles. The SMILES string of the molecule is Cc1nc(CCNc2ncc(C(=O)O)cc2Cl)no1. The van der Waals surface area contributed by atoms with Crippen LogP contribution in [0.5, 0.6) is 0 Å². The van der Waals surface area contributed by atoms with Gasteiger partial charge >= 0.3 is 5.97 Å². The Morgan fingerprint density at radius 3 is 2.95 bits per heavy atom. The summed E-state index contributed by atoms with van der Waals surface area (Å²) in [5.74, 6) is 0.454. The average Bonchev–Trinajstić information content (AvgIpc) is 2.77. The predicted octanol–water partition coefficient (Wildman–Crippen LogP) is 1.78. The maximum absolute atomic E-state index is 10.7. The van der Waals surface area contributed by atoms with E-state index in [1.807, 2.05) is 0 Å². The van der Waals surface area contributed by atoms with Gasteiger partial charge in [0.15, 0.2) is 5.82 Å². The Hall–Kier alpha value is -2.15. The number of rotatable bonds is 5. The molecule has 0 aliphatic carbocycles. The minimum Gasteiger partial charge on any atom is -0.478 e. The average molecular weight is 283 g/mol. The Bertz CT molecular complexity index is 599. The first kappa shape index (κ1) is 13.3. The molecule has 2 heterocycles. The summed E-state index contributed by atoms with van der Waals surface area (Å²) >= 11 is 5.92. The van der Waals surface area contributed by atoms with Crippen LogP contribution < -0.4 is 5.32 Å². The molecule has 0 unspecified atom stereocenters. The Kier molecular flexibility index (Phi) is 3.96. The van der Waals surface area contributed by atoms with Crippen molar-refractivity contribution in [3.63, 3.8) is 0 Å². The highest BCUT2D eigenvalue weighted by atomic mass is 35.5. The van der Waals surface area contributed by atoms with E-state index in [2.05, 4.69) is 20.4 Å². The van der Waals surface area contributed by atoms with E-state index in [9.17, 15) is 4.79 Å². The lowest BCUT2D eigenvalue weighted by Crippen LogP contribution is -2.08. The van der Waals surface area contributed by atoms with Crippen LogP contribution in [0.4, 0.5) is 5.82 Å². The first-order valence-electron chi connectivity index (χ1n) is 5.48. The zero-order valence-corrected chi connectivity index (χ0v) is 10.8. The normalized spacial score (nSPS) is 10.4. The molecule has 0 fully saturated rings. The molecule has 7 nitrogen and oxygen atoms in total. The molecule has 0 aromatic carbocycles. The Labute approximate surface area is 113 Å². The number of carboxylic acids is 1. The maximum Gasteiger partial charge on any atom is 0.337 e. The number of hydrogen-bond donors (Lipinski definition) is 2. The van der Waals surface area contributed by atoms with Crippen LogP contribution in [0, 0.1) is 6.92 Å². The number of nitrogens with zero attached hydrogens (tertiary/aromatic N) is 3. The van der Waals surface area contributed by atoms with Crippen molar-refractivity contribution in [1.82, 2.24) is 15.1 Å². The number of pyridine rings is 1. The number of aryl methyl sites for hydroxylation is 1. The van der Waals surface area contributed by atoms with E-state index in [0.717, 1.165) is 0 Å². The van der Waals surface area contributed by atoms with Crippen molar-refractivity contribution in [2.24, 2.45) is 0 Å². The van der Waals surface area contributed by atoms with Crippen molar-refractivity contribution < 1.29 is 14.4 Å². The van der Waals surface area contributed by atoms with Crippen LogP contribution in [0.2, 0.25) is 5.02 Å². The van der Waals surface area contributed by atoms with Crippen molar-refractivity contribution in [3.8, 4) is 0 Å². The summed E-state index contributed by atoms with van der Waals surface area (Å²) in [4.78, 5) is 18.7. The van der Waals surface area contributed by atoms with E-state index in [4.69, 9.17) is 21.2 Å². The third-order valence-electron chi connectivity index (χ3n) is 2.30. The lowest BCUT2D eigenvalue weighted by molar-refractivity contribution is 0.0696. The molecule has 2 aromatic rings. The minimum atomic E-state index is -1.07. The molecule has 19 heavy (non-hydrogen) atoms. The fourth-order valence-electron chi connectivity index (χ4n) is 1.42. The number of hydrogen-bond acceptors (Lipinski definition) is 6. The summed E-state index contributed by atoms with van der Waals surface area (Å²) in [6.45, 7) is 2.23. The second-order valence-corrected chi connectivity index (χ2v) is 4.17. The molecule has 0 spiro atoms. The van der Waals surface area contributed by atoms with E-state index in [1.54, 1.807) is 6.92 Å². The van der Waals surface area contributed by atoms with Gasteiger partial charge in [-0.05, 0) is 6.07 Å². The largest absolute Gasteiger partial charge is 0.478 e. The number of aromatic nitrogens is 3. The molecular weight excluding hydrogens is 272 g/mol. The van der Waals surface area contributed by atoms with Crippen LogP contribution >= 0.6 is 11.6 Å². The van der Waals surface area contributed by atoms with Crippen LogP contribution in [0.25, 0.3) is 0 Å². The smallest absolute Gasteiger partial charge is 0.337 e.